The first-order valence-electron chi connectivity index (χ1n) is 8.05. The molecule has 1 aromatic rings. The fourth-order valence-electron chi connectivity index (χ4n) is 3.59. The fourth-order valence-corrected chi connectivity index (χ4v) is 3.59. The normalized spacial score (nSPS) is 24.5. The van der Waals surface area contributed by atoms with E-state index < -0.39 is 17.3 Å². The Bertz CT molecular complexity index is 678. The quantitative estimate of drug-likeness (QED) is 0.885. The number of alkyl halides is 3. The molecular formula is C16H20F3N3O2. The van der Waals surface area contributed by atoms with Gasteiger partial charge in [0, 0.05) is 37.3 Å². The molecule has 0 saturated carbocycles. The van der Waals surface area contributed by atoms with E-state index in [1.54, 1.807) is 4.90 Å². The molecule has 1 atom stereocenters. The highest BCUT2D eigenvalue weighted by Crippen LogP contribution is 2.36. The maximum Gasteiger partial charge on any atom is 0.417 e. The van der Waals surface area contributed by atoms with Crippen molar-refractivity contribution in [3.05, 3.63) is 34.2 Å². The van der Waals surface area contributed by atoms with Gasteiger partial charge in [-0.2, -0.15) is 13.2 Å². The first-order valence-corrected chi connectivity index (χ1v) is 8.05. The maximum absolute atomic E-state index is 12.8. The summed E-state index contributed by atoms with van der Waals surface area (Å²) in [5, 5.41) is 3.34. The van der Waals surface area contributed by atoms with Crippen LogP contribution in [0, 0.1) is 5.41 Å². The number of hydrogen-bond donors (Lipinski definition) is 1. The molecule has 0 aromatic carbocycles. The molecule has 3 rings (SSSR count). The lowest BCUT2D eigenvalue weighted by molar-refractivity contribution is -0.138. The molecule has 0 unspecified atom stereocenters. The SMILES string of the molecule is O=C(Cn1cc(C(F)(F)F)ccc1=O)N1CC[C@]2(CCCNC2)C1. The van der Waals surface area contributed by atoms with E-state index >= 15 is 0 Å². The summed E-state index contributed by atoms with van der Waals surface area (Å²) in [6, 6.07) is 1.59. The van der Waals surface area contributed by atoms with Gasteiger partial charge < -0.3 is 14.8 Å². The van der Waals surface area contributed by atoms with Crippen molar-refractivity contribution in [2.24, 2.45) is 5.41 Å². The number of halogens is 3. The number of pyridine rings is 1. The molecule has 1 aromatic heterocycles. The lowest BCUT2D eigenvalue weighted by Crippen LogP contribution is -2.43. The van der Waals surface area contributed by atoms with Crippen molar-refractivity contribution in [2.45, 2.75) is 32.0 Å². The number of carbonyl (C=O) groups is 1. The lowest BCUT2D eigenvalue weighted by atomic mass is 9.80. The average Bonchev–Trinajstić information content (AvgIpc) is 2.93. The second-order valence-corrected chi connectivity index (χ2v) is 6.73. The number of carbonyl (C=O) groups excluding carboxylic acids is 1. The molecule has 24 heavy (non-hydrogen) atoms. The third kappa shape index (κ3) is 3.48. The average molecular weight is 343 g/mol. The summed E-state index contributed by atoms with van der Waals surface area (Å²) in [5.74, 6) is -0.307. The summed E-state index contributed by atoms with van der Waals surface area (Å²) in [6.45, 7) is 2.68. The van der Waals surface area contributed by atoms with Crippen LogP contribution in [-0.2, 0) is 17.5 Å². The van der Waals surface area contributed by atoms with Crippen molar-refractivity contribution in [1.82, 2.24) is 14.8 Å². The topological polar surface area (TPSA) is 54.3 Å². The van der Waals surface area contributed by atoms with Crippen molar-refractivity contribution >= 4 is 5.91 Å². The van der Waals surface area contributed by atoms with Gasteiger partial charge in [0.25, 0.3) is 5.56 Å². The maximum atomic E-state index is 12.8. The highest BCUT2D eigenvalue weighted by atomic mass is 19.4. The Morgan fingerprint density at radius 1 is 1.29 bits per heavy atom. The number of hydrogen-bond acceptors (Lipinski definition) is 3. The highest BCUT2D eigenvalue weighted by Gasteiger charge is 2.40. The summed E-state index contributed by atoms with van der Waals surface area (Å²) in [7, 11) is 0. The molecule has 8 heteroatoms. The molecule has 0 aliphatic carbocycles. The second-order valence-electron chi connectivity index (χ2n) is 6.73. The van der Waals surface area contributed by atoms with Crippen LogP contribution in [0.4, 0.5) is 13.2 Å². The van der Waals surface area contributed by atoms with E-state index in [9.17, 15) is 22.8 Å². The molecule has 2 aliphatic heterocycles. The van der Waals surface area contributed by atoms with E-state index in [0.717, 1.165) is 49.1 Å². The van der Waals surface area contributed by atoms with Crippen molar-refractivity contribution in [2.75, 3.05) is 26.2 Å². The van der Waals surface area contributed by atoms with Crippen LogP contribution < -0.4 is 10.9 Å². The lowest BCUT2D eigenvalue weighted by Gasteiger charge is -2.33. The predicted octanol–water partition coefficient (Wildman–Crippen LogP) is 1.47. The Hall–Kier alpha value is -1.83. The minimum absolute atomic E-state index is 0.0761. The van der Waals surface area contributed by atoms with Crippen LogP contribution in [0.5, 0.6) is 0 Å². The van der Waals surface area contributed by atoms with Crippen LogP contribution in [0.2, 0.25) is 0 Å². The van der Waals surface area contributed by atoms with Crippen molar-refractivity contribution in [3.8, 4) is 0 Å². The minimum atomic E-state index is -4.54. The molecule has 0 bridgehead atoms. The smallest absolute Gasteiger partial charge is 0.341 e. The third-order valence-electron chi connectivity index (χ3n) is 4.97. The summed E-state index contributed by atoms with van der Waals surface area (Å²) in [5.41, 5.74) is -1.46. The Kier molecular flexibility index (Phi) is 4.42. The van der Waals surface area contributed by atoms with Crippen LogP contribution in [0.25, 0.3) is 0 Å². The van der Waals surface area contributed by atoms with Crippen LogP contribution in [-0.4, -0.2) is 41.6 Å². The molecule has 3 heterocycles. The fraction of sp³-hybridized carbons (Fsp3) is 0.625. The first kappa shape index (κ1) is 17.0. The van der Waals surface area contributed by atoms with E-state index in [1.165, 1.54) is 0 Å². The number of nitrogens with zero attached hydrogens (tertiary/aromatic N) is 2. The van der Waals surface area contributed by atoms with Gasteiger partial charge in [-0.1, -0.05) is 0 Å². The molecule has 1 amide bonds. The predicted molar refractivity (Wildman–Crippen MR) is 81.4 cm³/mol. The van der Waals surface area contributed by atoms with E-state index in [0.29, 0.717) is 19.3 Å². The summed E-state index contributed by atoms with van der Waals surface area (Å²) in [6.07, 6.45) is -0.816. The van der Waals surface area contributed by atoms with Gasteiger partial charge in [0.15, 0.2) is 0 Å². The summed E-state index contributed by atoms with van der Waals surface area (Å²) >= 11 is 0. The Morgan fingerprint density at radius 2 is 2.08 bits per heavy atom. The zero-order valence-corrected chi connectivity index (χ0v) is 13.2. The van der Waals surface area contributed by atoms with Gasteiger partial charge in [-0.15, -0.1) is 0 Å². The summed E-state index contributed by atoms with van der Waals surface area (Å²) < 4.78 is 39.1. The first-order chi connectivity index (χ1) is 11.3. The van der Waals surface area contributed by atoms with Crippen molar-refractivity contribution in [3.63, 3.8) is 0 Å². The van der Waals surface area contributed by atoms with E-state index in [2.05, 4.69) is 5.32 Å². The van der Waals surface area contributed by atoms with Gasteiger partial charge in [0.2, 0.25) is 5.91 Å². The largest absolute Gasteiger partial charge is 0.417 e. The highest BCUT2D eigenvalue weighted by molar-refractivity contribution is 5.76. The number of piperidine rings is 1. The van der Waals surface area contributed by atoms with Crippen LogP contribution >= 0.6 is 0 Å². The van der Waals surface area contributed by atoms with Crippen LogP contribution in [0.15, 0.2) is 23.1 Å². The molecule has 5 nitrogen and oxygen atoms in total. The van der Waals surface area contributed by atoms with E-state index in [1.807, 2.05) is 0 Å². The zero-order chi connectivity index (χ0) is 17.4. The van der Waals surface area contributed by atoms with E-state index in [-0.39, 0.29) is 17.9 Å². The van der Waals surface area contributed by atoms with Gasteiger partial charge in [-0.25, -0.2) is 0 Å². The monoisotopic (exact) mass is 343 g/mol. The zero-order valence-electron chi connectivity index (χ0n) is 13.2. The van der Waals surface area contributed by atoms with Gasteiger partial charge >= 0.3 is 6.18 Å². The minimum Gasteiger partial charge on any atom is -0.341 e. The molecular weight excluding hydrogens is 323 g/mol. The van der Waals surface area contributed by atoms with Crippen molar-refractivity contribution < 1.29 is 18.0 Å². The number of amides is 1. The van der Waals surface area contributed by atoms with Gasteiger partial charge in [0.1, 0.15) is 6.54 Å². The Morgan fingerprint density at radius 3 is 2.75 bits per heavy atom. The number of aromatic nitrogens is 1. The van der Waals surface area contributed by atoms with Gasteiger partial charge in [0.05, 0.1) is 5.56 Å². The molecule has 2 saturated heterocycles. The van der Waals surface area contributed by atoms with Gasteiger partial charge in [-0.05, 0) is 31.9 Å². The number of nitrogens with one attached hydrogen (secondary N) is 1. The number of likely N-dealkylation sites (tertiary alicyclic amines) is 1. The third-order valence-corrected chi connectivity index (χ3v) is 4.97. The van der Waals surface area contributed by atoms with Crippen LogP contribution in [0.3, 0.4) is 0 Å². The molecule has 1 spiro atoms. The van der Waals surface area contributed by atoms with Crippen molar-refractivity contribution in [1.29, 1.82) is 0 Å². The molecule has 132 valence electrons. The second kappa shape index (κ2) is 6.23. The molecule has 2 fully saturated rings. The standard InChI is InChI=1S/C16H20F3N3O2/c17-16(18,19)12-2-3-13(23)22(8-12)9-14(24)21-7-5-15(11-21)4-1-6-20-10-15/h2-3,8,20H,1,4-7,9-11H2/t15-/m0/s1. The molecule has 1 N–H and O–H groups in total. The molecule has 2 aliphatic rings. The number of rotatable bonds is 2. The summed E-state index contributed by atoms with van der Waals surface area (Å²) in [4.78, 5) is 25.8. The Labute approximate surface area is 137 Å². The van der Waals surface area contributed by atoms with Gasteiger partial charge in [-0.3, -0.25) is 9.59 Å². The van der Waals surface area contributed by atoms with Crippen LogP contribution in [0.1, 0.15) is 24.8 Å². The van der Waals surface area contributed by atoms with E-state index in [4.69, 9.17) is 0 Å². The molecule has 0 radical (unpaired) electrons. The Balaban J connectivity index is 1.70.